The number of primary amides is 1. The van der Waals surface area contributed by atoms with E-state index in [-0.39, 0.29) is 0 Å². The van der Waals surface area contributed by atoms with Crippen molar-refractivity contribution in [3.63, 3.8) is 0 Å². The molecule has 0 spiro atoms. The molecule has 0 radical (unpaired) electrons. The van der Waals surface area contributed by atoms with Crippen molar-refractivity contribution in [3.8, 4) is 0 Å². The van der Waals surface area contributed by atoms with E-state index in [2.05, 4.69) is 20.2 Å². The van der Waals surface area contributed by atoms with E-state index in [4.69, 9.17) is 10.5 Å². The van der Waals surface area contributed by atoms with Crippen LogP contribution in [0.5, 0.6) is 0 Å². The number of aromatic nitrogens is 4. The summed E-state index contributed by atoms with van der Waals surface area (Å²) in [6.07, 6.45) is 5.76. The van der Waals surface area contributed by atoms with Crippen LogP contribution in [0.2, 0.25) is 0 Å². The Kier molecular flexibility index (Phi) is 5.05. The Morgan fingerprint density at radius 1 is 1.50 bits per heavy atom. The highest BCUT2D eigenvalue weighted by Crippen LogP contribution is 2.25. The fourth-order valence-electron chi connectivity index (χ4n) is 3.15. The van der Waals surface area contributed by atoms with E-state index < -0.39 is 5.91 Å². The minimum absolute atomic E-state index is 0.415. The van der Waals surface area contributed by atoms with E-state index in [9.17, 15) is 4.79 Å². The lowest BCUT2D eigenvalue weighted by Crippen LogP contribution is -2.38. The molecule has 1 amide bonds. The molecule has 0 aromatic carbocycles. The van der Waals surface area contributed by atoms with Crippen LogP contribution in [0.15, 0.2) is 24.5 Å². The molecular formula is C16H22N6O2. The topological polar surface area (TPSA) is 99.2 Å². The number of nitrogens with zero attached hydrogens (tertiary/aromatic N) is 5. The van der Waals surface area contributed by atoms with Crippen molar-refractivity contribution in [3.05, 3.63) is 35.8 Å². The van der Waals surface area contributed by atoms with Crippen LogP contribution in [0.1, 0.15) is 28.9 Å². The highest BCUT2D eigenvalue weighted by molar-refractivity contribution is 5.97. The number of carbonyl (C=O) groups is 1. The minimum Gasteiger partial charge on any atom is -0.378 e. The number of anilines is 1. The number of hydrogen-bond donors (Lipinski definition) is 1. The van der Waals surface area contributed by atoms with Crippen LogP contribution in [0.4, 0.5) is 5.82 Å². The molecule has 1 atom stereocenters. The van der Waals surface area contributed by atoms with E-state index in [1.807, 2.05) is 10.9 Å². The number of pyridine rings is 1. The first-order chi connectivity index (χ1) is 11.7. The molecule has 0 bridgehead atoms. The quantitative estimate of drug-likeness (QED) is 0.842. The predicted molar refractivity (Wildman–Crippen MR) is 88.4 cm³/mol. The van der Waals surface area contributed by atoms with Gasteiger partial charge in [-0.15, -0.1) is 5.10 Å². The lowest BCUT2D eigenvalue weighted by Gasteiger charge is -2.34. The van der Waals surface area contributed by atoms with E-state index in [0.717, 1.165) is 38.2 Å². The van der Waals surface area contributed by atoms with Gasteiger partial charge in [-0.1, -0.05) is 5.21 Å². The number of piperidine rings is 1. The van der Waals surface area contributed by atoms with Crippen LogP contribution in [0.25, 0.3) is 0 Å². The Morgan fingerprint density at radius 3 is 3.17 bits per heavy atom. The van der Waals surface area contributed by atoms with Crippen molar-refractivity contribution in [1.82, 2.24) is 20.0 Å². The summed E-state index contributed by atoms with van der Waals surface area (Å²) < 4.78 is 6.92. The summed E-state index contributed by atoms with van der Waals surface area (Å²) in [4.78, 5) is 18.1. The molecule has 3 rings (SSSR count). The maximum atomic E-state index is 11.6. The molecule has 1 aliphatic rings. The van der Waals surface area contributed by atoms with Crippen molar-refractivity contribution in [1.29, 1.82) is 0 Å². The van der Waals surface area contributed by atoms with Gasteiger partial charge < -0.3 is 15.4 Å². The number of amides is 1. The number of nitrogens with two attached hydrogens (primary N) is 1. The lowest BCUT2D eigenvalue weighted by atomic mass is 9.97. The largest absolute Gasteiger partial charge is 0.378 e. The van der Waals surface area contributed by atoms with Gasteiger partial charge in [0, 0.05) is 32.9 Å². The number of hydrogen-bond acceptors (Lipinski definition) is 6. The fraction of sp³-hybridized carbons (Fsp3) is 0.500. The Hall–Kier alpha value is -2.48. The molecule has 2 N–H and O–H groups in total. The molecule has 0 unspecified atom stereocenters. The summed E-state index contributed by atoms with van der Waals surface area (Å²) in [6.45, 7) is 2.94. The summed E-state index contributed by atoms with van der Waals surface area (Å²) in [5.41, 5.74) is 6.77. The van der Waals surface area contributed by atoms with Crippen LogP contribution in [0.3, 0.4) is 0 Å². The highest BCUT2D eigenvalue weighted by atomic mass is 16.5. The third-order valence-corrected chi connectivity index (χ3v) is 4.19. The van der Waals surface area contributed by atoms with Crippen LogP contribution in [0, 0.1) is 5.92 Å². The van der Waals surface area contributed by atoms with Gasteiger partial charge in [-0.05, 0) is 30.9 Å². The monoisotopic (exact) mass is 330 g/mol. The second-order valence-corrected chi connectivity index (χ2v) is 6.06. The molecule has 0 aliphatic carbocycles. The van der Waals surface area contributed by atoms with Crippen LogP contribution < -0.4 is 10.6 Å². The second-order valence-electron chi connectivity index (χ2n) is 6.06. The summed E-state index contributed by atoms with van der Waals surface area (Å²) in [6, 6.07) is 3.46. The zero-order chi connectivity index (χ0) is 16.9. The molecule has 24 heavy (non-hydrogen) atoms. The van der Waals surface area contributed by atoms with Crippen molar-refractivity contribution < 1.29 is 9.53 Å². The molecule has 0 saturated carbocycles. The zero-order valence-electron chi connectivity index (χ0n) is 13.8. The van der Waals surface area contributed by atoms with Gasteiger partial charge in [0.2, 0.25) is 0 Å². The SMILES string of the molecule is COCc1cn(C[C@@H]2CCCN(c3ncccc3C(N)=O)C2)nn1. The lowest BCUT2D eigenvalue weighted by molar-refractivity contribution is 0.1000. The Balaban J connectivity index is 1.69. The smallest absolute Gasteiger partial charge is 0.252 e. The van der Waals surface area contributed by atoms with Gasteiger partial charge in [0.05, 0.1) is 18.4 Å². The first-order valence-corrected chi connectivity index (χ1v) is 8.05. The summed E-state index contributed by atoms with van der Waals surface area (Å²) >= 11 is 0. The first kappa shape index (κ1) is 16.4. The van der Waals surface area contributed by atoms with Gasteiger partial charge in [-0.25, -0.2) is 4.98 Å². The van der Waals surface area contributed by atoms with Crippen LogP contribution in [-0.2, 0) is 17.9 Å². The van der Waals surface area contributed by atoms with Gasteiger partial charge >= 0.3 is 0 Å². The molecule has 8 heteroatoms. The maximum absolute atomic E-state index is 11.6. The van der Waals surface area contributed by atoms with Gasteiger partial charge in [0.1, 0.15) is 11.5 Å². The third kappa shape index (κ3) is 3.70. The highest BCUT2D eigenvalue weighted by Gasteiger charge is 2.24. The maximum Gasteiger partial charge on any atom is 0.252 e. The number of carbonyl (C=O) groups excluding carboxylic acids is 1. The van der Waals surface area contributed by atoms with Crippen molar-refractivity contribution in [2.75, 3.05) is 25.1 Å². The fourth-order valence-corrected chi connectivity index (χ4v) is 3.15. The van der Waals surface area contributed by atoms with Crippen molar-refractivity contribution >= 4 is 11.7 Å². The number of methoxy groups -OCH3 is 1. The minimum atomic E-state index is -0.444. The van der Waals surface area contributed by atoms with E-state index in [1.54, 1.807) is 25.4 Å². The van der Waals surface area contributed by atoms with Crippen molar-refractivity contribution in [2.24, 2.45) is 11.7 Å². The average Bonchev–Trinajstić information content (AvgIpc) is 3.02. The van der Waals surface area contributed by atoms with Gasteiger partial charge in [-0.2, -0.15) is 0 Å². The molecule has 1 saturated heterocycles. The first-order valence-electron chi connectivity index (χ1n) is 8.05. The number of rotatable bonds is 6. The molecule has 1 aliphatic heterocycles. The van der Waals surface area contributed by atoms with E-state index >= 15 is 0 Å². The molecule has 8 nitrogen and oxygen atoms in total. The number of ether oxygens (including phenoxy) is 1. The molecule has 2 aromatic rings. The molecule has 128 valence electrons. The van der Waals surface area contributed by atoms with E-state index in [1.165, 1.54) is 0 Å². The van der Waals surface area contributed by atoms with Crippen LogP contribution >= 0.6 is 0 Å². The standard InChI is InChI=1S/C16H22N6O2/c1-24-11-13-10-22(20-19-13)9-12-4-3-7-21(8-12)16-14(15(17)23)5-2-6-18-16/h2,5-6,10,12H,3-4,7-9,11H2,1H3,(H2,17,23)/t12-/m1/s1. The van der Waals surface area contributed by atoms with Gasteiger partial charge in [0.15, 0.2) is 0 Å². The summed E-state index contributed by atoms with van der Waals surface area (Å²) in [5.74, 6) is 0.646. The second kappa shape index (κ2) is 7.39. The Labute approximate surface area is 140 Å². The molecule has 2 aromatic heterocycles. The summed E-state index contributed by atoms with van der Waals surface area (Å²) in [5, 5.41) is 8.24. The van der Waals surface area contributed by atoms with Gasteiger partial charge in [0.25, 0.3) is 5.91 Å². The predicted octanol–water partition coefficient (Wildman–Crippen LogP) is 0.835. The molecule has 1 fully saturated rings. The zero-order valence-corrected chi connectivity index (χ0v) is 13.8. The molecular weight excluding hydrogens is 308 g/mol. The Bertz CT molecular complexity index is 701. The van der Waals surface area contributed by atoms with Crippen molar-refractivity contribution in [2.45, 2.75) is 26.0 Å². The van der Waals surface area contributed by atoms with Gasteiger partial charge in [-0.3, -0.25) is 9.48 Å². The average molecular weight is 330 g/mol. The molecule has 3 heterocycles. The van der Waals surface area contributed by atoms with E-state index in [0.29, 0.717) is 23.9 Å². The Morgan fingerprint density at radius 2 is 2.38 bits per heavy atom. The summed E-state index contributed by atoms with van der Waals surface area (Å²) in [7, 11) is 1.64. The normalized spacial score (nSPS) is 17.9. The third-order valence-electron chi connectivity index (χ3n) is 4.19. The van der Waals surface area contributed by atoms with Crippen LogP contribution in [-0.4, -0.2) is 46.1 Å².